The molecule has 1 heteroatoms. The van der Waals surface area contributed by atoms with Crippen LogP contribution >= 0.6 is 0 Å². The minimum atomic E-state index is -0.498. The maximum atomic E-state index is 2.45. The lowest BCUT2D eigenvalue weighted by Gasteiger charge is -2.34. The second-order valence-corrected chi connectivity index (χ2v) is 16.0. The third-order valence-corrected chi connectivity index (χ3v) is 12.6. The molecule has 0 heterocycles. The van der Waals surface area contributed by atoms with Gasteiger partial charge in [-0.15, -0.1) is 0 Å². The van der Waals surface area contributed by atoms with Gasteiger partial charge in [0.05, 0.1) is 5.41 Å². The quantitative estimate of drug-likeness (QED) is 0.141. The third-order valence-electron chi connectivity index (χ3n) is 12.6. The van der Waals surface area contributed by atoms with Crippen molar-refractivity contribution < 1.29 is 0 Å². The summed E-state index contributed by atoms with van der Waals surface area (Å²) in [4.78, 5) is 2.39. The minimum Gasteiger partial charge on any atom is -0.310 e. The van der Waals surface area contributed by atoms with Gasteiger partial charge in [0, 0.05) is 17.1 Å². The normalized spacial score (nSPS) is 12.3. The van der Waals surface area contributed by atoms with E-state index in [-0.39, 0.29) is 0 Å². The van der Waals surface area contributed by atoms with Crippen LogP contribution in [0.2, 0.25) is 0 Å². The predicted octanol–water partition coefficient (Wildman–Crippen LogP) is 16.2. The molecule has 0 aliphatic heterocycles. The zero-order chi connectivity index (χ0) is 41.3. The Kier molecular flexibility index (Phi) is 9.48. The second kappa shape index (κ2) is 15.9. The van der Waals surface area contributed by atoms with E-state index in [1.807, 2.05) is 0 Å². The molecule has 0 amide bonds. The smallest absolute Gasteiger partial charge is 0.0713 e. The fourth-order valence-electron chi connectivity index (χ4n) is 9.73. The van der Waals surface area contributed by atoms with Crippen LogP contribution in [0.3, 0.4) is 0 Å². The molecule has 0 bridgehead atoms. The first kappa shape index (κ1) is 37.0. The molecule has 0 saturated carbocycles. The first-order valence-electron chi connectivity index (χ1n) is 21.4. The molecule has 1 aliphatic carbocycles. The van der Waals surface area contributed by atoms with Crippen LogP contribution in [-0.4, -0.2) is 0 Å². The van der Waals surface area contributed by atoms with Gasteiger partial charge < -0.3 is 4.90 Å². The Hall–Kier alpha value is -8.00. The minimum absolute atomic E-state index is 0.498. The molecular formula is C61H43N. The van der Waals surface area contributed by atoms with Crippen molar-refractivity contribution in [1.82, 2.24) is 0 Å². The second-order valence-electron chi connectivity index (χ2n) is 16.0. The molecular weight excluding hydrogens is 747 g/mol. The molecule has 1 nitrogen and oxygen atoms in total. The molecule has 0 unspecified atom stereocenters. The Morgan fingerprint density at radius 3 is 1.16 bits per heavy atom. The van der Waals surface area contributed by atoms with E-state index in [1.165, 1.54) is 77.9 Å². The number of benzene rings is 10. The summed E-state index contributed by atoms with van der Waals surface area (Å²) in [6, 6.07) is 95.2. The maximum Gasteiger partial charge on any atom is 0.0713 e. The van der Waals surface area contributed by atoms with E-state index in [1.54, 1.807) is 0 Å². The molecule has 0 saturated heterocycles. The van der Waals surface area contributed by atoms with Crippen molar-refractivity contribution in [3.05, 3.63) is 283 Å². The fraction of sp³-hybridized carbons (Fsp3) is 0.0164. The summed E-state index contributed by atoms with van der Waals surface area (Å²) in [5.41, 5.74) is 19.9. The number of hydrogen-bond acceptors (Lipinski definition) is 1. The fourth-order valence-corrected chi connectivity index (χ4v) is 9.73. The van der Waals surface area contributed by atoms with E-state index in [0.717, 1.165) is 17.1 Å². The highest BCUT2D eigenvalue weighted by Gasteiger charge is 2.45. The highest BCUT2D eigenvalue weighted by Crippen LogP contribution is 2.56. The number of fused-ring (bicyclic) bond motifs is 3. The zero-order valence-electron chi connectivity index (χ0n) is 34.3. The van der Waals surface area contributed by atoms with Crippen molar-refractivity contribution in [2.75, 3.05) is 4.90 Å². The van der Waals surface area contributed by atoms with Crippen LogP contribution in [0.15, 0.2) is 261 Å². The van der Waals surface area contributed by atoms with Gasteiger partial charge in [-0.3, -0.25) is 0 Å². The predicted molar refractivity (Wildman–Crippen MR) is 260 cm³/mol. The van der Waals surface area contributed by atoms with Gasteiger partial charge in [0.15, 0.2) is 0 Å². The lowest BCUT2D eigenvalue weighted by Crippen LogP contribution is -2.28. The molecule has 10 aromatic rings. The van der Waals surface area contributed by atoms with Crippen LogP contribution in [0.25, 0.3) is 55.6 Å². The summed E-state index contributed by atoms with van der Waals surface area (Å²) in [7, 11) is 0. The standard InChI is InChI=1S/C61H43N/c1-5-18-44(19-6-1)46-32-36-52(37-33-46)62(53-38-34-47(35-39-53)45-20-7-2-8-21-45)54-40-41-55(48-22-9-3-10-23-48)58(43-54)49-24-17-27-51(42-49)61(50-25-11-4-12-26-50)59-30-15-13-28-56(59)57-29-14-16-31-60(57)61/h1-43H. The van der Waals surface area contributed by atoms with E-state index in [0.29, 0.717) is 0 Å². The van der Waals surface area contributed by atoms with E-state index >= 15 is 0 Å². The van der Waals surface area contributed by atoms with Gasteiger partial charge in [0.1, 0.15) is 0 Å². The van der Waals surface area contributed by atoms with Gasteiger partial charge in [0.2, 0.25) is 0 Å². The van der Waals surface area contributed by atoms with E-state index in [2.05, 4.69) is 266 Å². The van der Waals surface area contributed by atoms with Crippen molar-refractivity contribution in [3.8, 4) is 55.6 Å². The Bertz CT molecular complexity index is 3010. The highest BCUT2D eigenvalue weighted by molar-refractivity contribution is 5.91. The van der Waals surface area contributed by atoms with Gasteiger partial charge >= 0.3 is 0 Å². The molecule has 0 aromatic heterocycles. The molecule has 11 rings (SSSR count). The molecule has 0 N–H and O–H groups in total. The summed E-state index contributed by atoms with van der Waals surface area (Å²) >= 11 is 0. The van der Waals surface area contributed by atoms with Crippen molar-refractivity contribution in [2.24, 2.45) is 0 Å². The maximum absolute atomic E-state index is 2.45. The van der Waals surface area contributed by atoms with Crippen molar-refractivity contribution in [1.29, 1.82) is 0 Å². The monoisotopic (exact) mass is 789 g/mol. The SMILES string of the molecule is c1ccc(-c2ccc(N(c3ccc(-c4ccccc4)cc3)c3ccc(-c4ccccc4)c(-c4cccc(C5(c6ccccc6)c6ccccc6-c6ccccc65)c4)c3)cc2)cc1. The Morgan fingerprint density at radius 1 is 0.226 bits per heavy atom. The summed E-state index contributed by atoms with van der Waals surface area (Å²) in [6.07, 6.45) is 0. The Morgan fingerprint density at radius 2 is 0.629 bits per heavy atom. The average molecular weight is 790 g/mol. The van der Waals surface area contributed by atoms with Gasteiger partial charge in [-0.1, -0.05) is 218 Å². The number of nitrogens with zero attached hydrogens (tertiary/aromatic N) is 1. The number of hydrogen-bond donors (Lipinski definition) is 0. The lowest BCUT2D eigenvalue weighted by molar-refractivity contribution is 0.769. The van der Waals surface area contributed by atoms with E-state index < -0.39 is 5.41 Å². The average Bonchev–Trinajstić information content (AvgIpc) is 3.67. The lowest BCUT2D eigenvalue weighted by atomic mass is 9.67. The molecule has 0 fully saturated rings. The topological polar surface area (TPSA) is 3.24 Å². The summed E-state index contributed by atoms with van der Waals surface area (Å²) < 4.78 is 0. The van der Waals surface area contributed by atoms with Crippen molar-refractivity contribution in [2.45, 2.75) is 5.41 Å². The summed E-state index contributed by atoms with van der Waals surface area (Å²) in [5.74, 6) is 0. The van der Waals surface area contributed by atoms with Gasteiger partial charge in [-0.25, -0.2) is 0 Å². The van der Waals surface area contributed by atoms with E-state index in [9.17, 15) is 0 Å². The molecule has 10 aromatic carbocycles. The first-order chi connectivity index (χ1) is 30.8. The van der Waals surface area contributed by atoms with Crippen molar-refractivity contribution >= 4 is 17.1 Å². The molecule has 0 atom stereocenters. The Labute approximate surface area is 364 Å². The molecule has 0 radical (unpaired) electrons. The van der Waals surface area contributed by atoms with Crippen LogP contribution in [0, 0.1) is 0 Å². The van der Waals surface area contributed by atoms with Gasteiger partial charge in [-0.05, 0) is 120 Å². The highest BCUT2D eigenvalue weighted by atomic mass is 15.1. The number of anilines is 3. The van der Waals surface area contributed by atoms with Gasteiger partial charge in [-0.2, -0.15) is 0 Å². The van der Waals surface area contributed by atoms with Gasteiger partial charge in [0.25, 0.3) is 0 Å². The largest absolute Gasteiger partial charge is 0.310 e. The zero-order valence-corrected chi connectivity index (χ0v) is 34.3. The van der Waals surface area contributed by atoms with Crippen LogP contribution in [-0.2, 0) is 5.41 Å². The molecule has 0 spiro atoms. The van der Waals surface area contributed by atoms with Crippen LogP contribution in [0.5, 0.6) is 0 Å². The third kappa shape index (κ3) is 6.43. The molecule has 62 heavy (non-hydrogen) atoms. The molecule has 1 aliphatic rings. The Balaban J connectivity index is 1.11. The van der Waals surface area contributed by atoms with Crippen LogP contribution in [0.1, 0.15) is 22.3 Å². The van der Waals surface area contributed by atoms with Crippen LogP contribution in [0.4, 0.5) is 17.1 Å². The van der Waals surface area contributed by atoms with Crippen LogP contribution < -0.4 is 4.90 Å². The number of rotatable bonds is 9. The summed E-state index contributed by atoms with van der Waals surface area (Å²) in [5, 5.41) is 0. The van der Waals surface area contributed by atoms with E-state index in [4.69, 9.17) is 0 Å². The first-order valence-corrected chi connectivity index (χ1v) is 21.4. The summed E-state index contributed by atoms with van der Waals surface area (Å²) in [6.45, 7) is 0. The van der Waals surface area contributed by atoms with Crippen molar-refractivity contribution in [3.63, 3.8) is 0 Å². The molecule has 292 valence electrons.